The van der Waals surface area contributed by atoms with Gasteiger partial charge in [-0.15, -0.1) is 11.8 Å². The van der Waals surface area contributed by atoms with Crippen LogP contribution in [0.25, 0.3) is 0 Å². The number of piperidine rings is 1. The Kier molecular flexibility index (Phi) is 5.65. The van der Waals surface area contributed by atoms with Gasteiger partial charge < -0.3 is 14.7 Å². The van der Waals surface area contributed by atoms with Crippen molar-refractivity contribution >= 4 is 29.4 Å². The van der Waals surface area contributed by atoms with Crippen LogP contribution in [0.5, 0.6) is 0 Å². The van der Waals surface area contributed by atoms with Crippen LogP contribution in [0.3, 0.4) is 0 Å². The number of carbonyl (C=O) groups is 2. The molecule has 0 spiro atoms. The fourth-order valence-corrected chi connectivity index (χ4v) is 4.04. The number of aryl methyl sites for hydroxylation is 1. The smallest absolute Gasteiger partial charge is 0.235 e. The highest BCUT2D eigenvalue weighted by atomic mass is 32.2. The molecule has 9 nitrogen and oxygen atoms in total. The Bertz CT molecular complexity index is 838. The van der Waals surface area contributed by atoms with Gasteiger partial charge in [-0.1, -0.05) is 5.16 Å². The first kappa shape index (κ1) is 19.0. The molecule has 2 N–H and O–H groups in total. The van der Waals surface area contributed by atoms with Crippen molar-refractivity contribution in [3.63, 3.8) is 0 Å². The molecule has 1 aliphatic carbocycles. The molecule has 2 aromatic rings. The predicted octanol–water partition coefficient (Wildman–Crippen LogP) is 2.06. The van der Waals surface area contributed by atoms with Crippen molar-refractivity contribution in [2.45, 2.75) is 44.4 Å². The number of carbonyl (C=O) groups excluding carboxylic acids is 2. The van der Waals surface area contributed by atoms with E-state index in [0.29, 0.717) is 42.3 Å². The molecule has 0 radical (unpaired) electrons. The second-order valence-corrected chi connectivity index (χ2v) is 8.36. The number of nitrogens with zero attached hydrogens (tertiary/aromatic N) is 4. The van der Waals surface area contributed by atoms with Gasteiger partial charge in [0.2, 0.25) is 11.8 Å². The lowest BCUT2D eigenvalue weighted by atomic mass is 9.96. The zero-order chi connectivity index (χ0) is 19.5. The van der Waals surface area contributed by atoms with Gasteiger partial charge in [0.15, 0.2) is 11.6 Å². The summed E-state index contributed by atoms with van der Waals surface area (Å²) < 4.78 is 4.90. The minimum absolute atomic E-state index is 0.0739. The fraction of sp³-hybridized carbons (Fsp3) is 0.611. The molecule has 0 unspecified atom stereocenters. The van der Waals surface area contributed by atoms with Gasteiger partial charge in [-0.3, -0.25) is 14.7 Å². The third-order valence-corrected chi connectivity index (χ3v) is 5.97. The lowest BCUT2D eigenvalue weighted by Crippen LogP contribution is -2.39. The summed E-state index contributed by atoms with van der Waals surface area (Å²) in [7, 11) is 0. The molecule has 0 aromatic carbocycles. The standard InChI is InChI=1S/C18H24N6O3S/c1-11-8-14(23-27-11)19-15(25)9-28-10-16(26)24-6-4-13(5-7-24)18-20-17(21-22-18)12-2-3-12/h8,12-13H,2-7,9-10H2,1H3,(H,19,23,25)(H,20,21,22). The summed E-state index contributed by atoms with van der Waals surface area (Å²) in [5.41, 5.74) is 0. The summed E-state index contributed by atoms with van der Waals surface area (Å²) in [6.07, 6.45) is 4.17. The van der Waals surface area contributed by atoms with Gasteiger partial charge >= 0.3 is 0 Å². The molecule has 4 rings (SSSR count). The van der Waals surface area contributed by atoms with Crippen molar-refractivity contribution in [1.29, 1.82) is 0 Å². The van der Waals surface area contributed by atoms with E-state index in [4.69, 9.17) is 4.52 Å². The molecule has 3 heterocycles. The van der Waals surface area contributed by atoms with Gasteiger partial charge in [-0.25, -0.2) is 4.98 Å². The third-order valence-electron chi connectivity index (χ3n) is 5.05. The summed E-state index contributed by atoms with van der Waals surface area (Å²) in [5.74, 6) is 4.21. The SMILES string of the molecule is Cc1cc(NC(=O)CSCC(=O)N2CCC(c3nc(C4CC4)n[nH]3)CC2)no1. The second-order valence-electron chi connectivity index (χ2n) is 7.37. The van der Waals surface area contributed by atoms with E-state index in [9.17, 15) is 9.59 Å². The first-order valence-electron chi connectivity index (χ1n) is 9.59. The number of rotatable bonds is 7. The third kappa shape index (κ3) is 4.73. The monoisotopic (exact) mass is 404 g/mol. The van der Waals surface area contributed by atoms with E-state index < -0.39 is 0 Å². The van der Waals surface area contributed by atoms with Crippen LogP contribution < -0.4 is 5.32 Å². The number of hydrogen-bond acceptors (Lipinski definition) is 7. The number of anilines is 1. The summed E-state index contributed by atoms with van der Waals surface area (Å²) in [6, 6.07) is 1.65. The van der Waals surface area contributed by atoms with Gasteiger partial charge in [0.25, 0.3) is 0 Å². The minimum Gasteiger partial charge on any atom is -0.360 e. The Labute approximate surface area is 167 Å². The number of likely N-dealkylation sites (tertiary alicyclic amines) is 1. The molecule has 2 aromatic heterocycles. The molecule has 10 heteroatoms. The molecular weight excluding hydrogens is 380 g/mol. The lowest BCUT2D eigenvalue weighted by Gasteiger charge is -2.31. The predicted molar refractivity (Wildman–Crippen MR) is 104 cm³/mol. The average molecular weight is 404 g/mol. The number of hydrogen-bond donors (Lipinski definition) is 2. The van der Waals surface area contributed by atoms with Gasteiger partial charge in [0.1, 0.15) is 11.6 Å². The summed E-state index contributed by atoms with van der Waals surface area (Å²) >= 11 is 1.31. The largest absolute Gasteiger partial charge is 0.360 e. The van der Waals surface area contributed by atoms with Crippen molar-refractivity contribution in [3.05, 3.63) is 23.5 Å². The molecule has 0 bridgehead atoms. The number of aromatic amines is 1. The maximum atomic E-state index is 12.4. The van der Waals surface area contributed by atoms with Crippen molar-refractivity contribution < 1.29 is 14.1 Å². The molecule has 28 heavy (non-hydrogen) atoms. The van der Waals surface area contributed by atoms with Gasteiger partial charge in [-0.2, -0.15) is 5.10 Å². The van der Waals surface area contributed by atoms with E-state index in [2.05, 4.69) is 25.7 Å². The maximum Gasteiger partial charge on any atom is 0.235 e. The Hall–Kier alpha value is -2.36. The molecule has 150 valence electrons. The van der Waals surface area contributed by atoms with Crippen LogP contribution in [0.15, 0.2) is 10.6 Å². The quantitative estimate of drug-likeness (QED) is 0.725. The Balaban J connectivity index is 1.16. The van der Waals surface area contributed by atoms with Crippen LogP contribution in [-0.2, 0) is 9.59 Å². The Morgan fingerprint density at radius 1 is 1.25 bits per heavy atom. The summed E-state index contributed by atoms with van der Waals surface area (Å²) in [4.78, 5) is 30.8. The van der Waals surface area contributed by atoms with Crippen LogP contribution in [0.1, 0.15) is 54.9 Å². The van der Waals surface area contributed by atoms with Crippen LogP contribution in [-0.4, -0.2) is 61.6 Å². The van der Waals surface area contributed by atoms with Gasteiger partial charge in [-0.05, 0) is 32.6 Å². The molecule has 0 atom stereocenters. The Morgan fingerprint density at radius 3 is 2.71 bits per heavy atom. The van der Waals surface area contributed by atoms with E-state index >= 15 is 0 Å². The zero-order valence-electron chi connectivity index (χ0n) is 15.8. The minimum atomic E-state index is -0.193. The van der Waals surface area contributed by atoms with Crippen molar-refractivity contribution in [2.24, 2.45) is 0 Å². The summed E-state index contributed by atoms with van der Waals surface area (Å²) in [6.45, 7) is 3.19. The fourth-order valence-electron chi connectivity index (χ4n) is 3.32. The molecular formula is C18H24N6O3S. The first-order valence-corrected chi connectivity index (χ1v) is 10.7. The molecule has 2 fully saturated rings. The van der Waals surface area contributed by atoms with E-state index in [0.717, 1.165) is 24.5 Å². The lowest BCUT2D eigenvalue weighted by molar-refractivity contribution is -0.129. The van der Waals surface area contributed by atoms with Gasteiger partial charge in [0.05, 0.1) is 11.5 Å². The van der Waals surface area contributed by atoms with E-state index in [-0.39, 0.29) is 17.6 Å². The van der Waals surface area contributed by atoms with Gasteiger partial charge in [0, 0.05) is 31.0 Å². The second kappa shape index (κ2) is 8.34. The average Bonchev–Trinajstić information content (AvgIpc) is 3.28. The van der Waals surface area contributed by atoms with Crippen LogP contribution in [0, 0.1) is 6.92 Å². The van der Waals surface area contributed by atoms with Crippen LogP contribution in [0.2, 0.25) is 0 Å². The highest BCUT2D eigenvalue weighted by Crippen LogP contribution is 2.38. The molecule has 2 amide bonds. The van der Waals surface area contributed by atoms with Crippen molar-refractivity contribution in [3.8, 4) is 0 Å². The van der Waals surface area contributed by atoms with E-state index in [1.165, 1.54) is 24.6 Å². The molecule has 1 saturated heterocycles. The highest BCUT2D eigenvalue weighted by Gasteiger charge is 2.30. The number of thioether (sulfide) groups is 1. The van der Waals surface area contributed by atoms with E-state index in [1.807, 2.05) is 4.90 Å². The van der Waals surface area contributed by atoms with Crippen LogP contribution >= 0.6 is 11.8 Å². The van der Waals surface area contributed by atoms with Crippen molar-refractivity contribution in [1.82, 2.24) is 25.2 Å². The van der Waals surface area contributed by atoms with E-state index in [1.54, 1.807) is 13.0 Å². The summed E-state index contributed by atoms with van der Waals surface area (Å²) in [5, 5.41) is 13.8. The molecule has 2 aliphatic rings. The van der Waals surface area contributed by atoms with Crippen LogP contribution in [0.4, 0.5) is 5.82 Å². The number of aromatic nitrogens is 4. The topological polar surface area (TPSA) is 117 Å². The zero-order valence-corrected chi connectivity index (χ0v) is 16.6. The maximum absolute atomic E-state index is 12.4. The number of nitrogens with one attached hydrogen (secondary N) is 2. The number of H-pyrrole nitrogens is 1. The molecule has 1 aliphatic heterocycles. The normalized spacial score (nSPS) is 17.7. The number of amides is 2. The first-order chi connectivity index (χ1) is 13.6. The van der Waals surface area contributed by atoms with Crippen molar-refractivity contribution in [2.75, 3.05) is 29.9 Å². The Morgan fingerprint density at radius 2 is 2.04 bits per heavy atom. The molecule has 1 saturated carbocycles. The highest BCUT2D eigenvalue weighted by molar-refractivity contribution is 8.00.